The van der Waals surface area contributed by atoms with Gasteiger partial charge in [-0.1, -0.05) is 6.07 Å². The van der Waals surface area contributed by atoms with Gasteiger partial charge in [-0.25, -0.2) is 0 Å². The Labute approximate surface area is 110 Å². The second-order valence-corrected chi connectivity index (χ2v) is 23.8. The molecule has 2 N–H and O–H groups in total. The molecule has 0 unspecified atom stereocenters. The molecule has 90 valence electrons. The number of anilines is 1. The Kier molecular flexibility index (Phi) is 7.00. The maximum absolute atomic E-state index is 5.69. The van der Waals surface area contributed by atoms with Gasteiger partial charge in [0.1, 0.15) is 0 Å². The molecule has 0 aliphatic carbocycles. The van der Waals surface area contributed by atoms with E-state index < -0.39 is 13.9 Å². The number of benzene rings is 1. The molecule has 0 fully saturated rings. The SMILES string of the molecule is Cc1ccc(N)c(C)c1C.Cl[IH](Cl)(Cl)Cl. The quantitative estimate of drug-likeness (QED) is 0.444. The van der Waals surface area contributed by atoms with Crippen LogP contribution in [-0.4, -0.2) is 0 Å². The summed E-state index contributed by atoms with van der Waals surface area (Å²) in [5.74, 6) is 0. The number of rotatable bonds is 0. The summed E-state index contributed by atoms with van der Waals surface area (Å²) in [5, 5.41) is 0. The molecule has 0 atom stereocenters. The Hall–Kier alpha value is 0.910. The molecular formula is C9H14Cl4IN. The fourth-order valence-corrected chi connectivity index (χ4v) is 0.977. The van der Waals surface area contributed by atoms with Crippen LogP contribution in [-0.2, 0) is 0 Å². The molecule has 0 bridgehead atoms. The first kappa shape index (κ1) is 15.9. The van der Waals surface area contributed by atoms with Gasteiger partial charge in [-0.05, 0) is 43.5 Å². The summed E-state index contributed by atoms with van der Waals surface area (Å²) in [5.41, 5.74) is 10.4. The summed E-state index contributed by atoms with van der Waals surface area (Å²) in [7, 11) is 20.1. The van der Waals surface area contributed by atoms with Crippen molar-refractivity contribution in [2.75, 3.05) is 5.73 Å². The zero-order valence-corrected chi connectivity index (χ0v) is 14.0. The number of hydrogen-bond acceptors (Lipinski definition) is 1. The van der Waals surface area contributed by atoms with Gasteiger partial charge in [-0.3, -0.25) is 0 Å². The standard InChI is InChI=1S/C9H13N.Cl4HI/c1-6-4-5-9(10)8(3)7(6)2;1-5(2,3)4/h4-5H,10H2,1-3H3;5H. The van der Waals surface area contributed by atoms with E-state index in [2.05, 4.69) is 26.8 Å². The molecule has 1 rings (SSSR count). The Morgan fingerprint density at radius 3 is 1.67 bits per heavy atom. The molecule has 0 heterocycles. The summed E-state index contributed by atoms with van der Waals surface area (Å²) >= 11 is -3.13. The molecule has 0 aliphatic heterocycles. The second-order valence-electron chi connectivity index (χ2n) is 3.07. The van der Waals surface area contributed by atoms with Crippen LogP contribution in [0, 0.1) is 20.8 Å². The molecule has 0 spiro atoms. The van der Waals surface area contributed by atoms with Crippen LogP contribution in [0.3, 0.4) is 0 Å². The van der Waals surface area contributed by atoms with E-state index in [1.165, 1.54) is 16.7 Å². The van der Waals surface area contributed by atoms with E-state index in [0.717, 1.165) is 5.69 Å². The average Bonchev–Trinajstić information content (AvgIpc) is 2.05. The van der Waals surface area contributed by atoms with Crippen LogP contribution in [0.4, 0.5) is 5.69 Å². The fourth-order valence-electron chi connectivity index (χ4n) is 0.977. The van der Waals surface area contributed by atoms with Crippen molar-refractivity contribution in [3.8, 4) is 0 Å². The third kappa shape index (κ3) is 7.75. The number of nitrogens with two attached hydrogens (primary N) is 1. The van der Waals surface area contributed by atoms with Crippen LogP contribution in [0.2, 0.25) is 0 Å². The Bertz CT molecular complexity index is 303. The molecule has 0 saturated carbocycles. The molecule has 0 radical (unpaired) electrons. The molecule has 1 aromatic rings. The van der Waals surface area contributed by atoms with Crippen molar-refractivity contribution in [3.05, 3.63) is 28.8 Å². The van der Waals surface area contributed by atoms with Gasteiger partial charge in [0, 0.05) is 5.69 Å². The van der Waals surface area contributed by atoms with E-state index in [9.17, 15) is 0 Å². The summed E-state index contributed by atoms with van der Waals surface area (Å²) in [4.78, 5) is 0. The van der Waals surface area contributed by atoms with Crippen molar-refractivity contribution >= 4 is 55.2 Å². The molecule has 0 aliphatic rings. The van der Waals surface area contributed by atoms with Gasteiger partial charge in [-0.2, -0.15) is 0 Å². The minimum absolute atomic E-state index is 0.892. The van der Waals surface area contributed by atoms with Gasteiger partial charge >= 0.3 is 49.6 Å². The third-order valence-corrected chi connectivity index (χ3v) is 2.10. The molecular weight excluding hydrogens is 391 g/mol. The van der Waals surface area contributed by atoms with E-state index in [1.54, 1.807) is 0 Å². The number of nitrogen functional groups attached to an aromatic ring is 1. The molecule has 1 nitrogen and oxygen atoms in total. The molecule has 0 amide bonds. The van der Waals surface area contributed by atoms with E-state index in [4.69, 9.17) is 41.4 Å². The van der Waals surface area contributed by atoms with Crippen LogP contribution in [0.5, 0.6) is 0 Å². The monoisotopic (exact) mass is 403 g/mol. The molecule has 6 heteroatoms. The maximum atomic E-state index is 5.69. The third-order valence-electron chi connectivity index (χ3n) is 2.10. The topological polar surface area (TPSA) is 26.0 Å². The van der Waals surface area contributed by atoms with Crippen LogP contribution in [0.1, 0.15) is 16.7 Å². The van der Waals surface area contributed by atoms with E-state index in [0.29, 0.717) is 0 Å². The van der Waals surface area contributed by atoms with Gasteiger partial charge in [0.2, 0.25) is 0 Å². The summed E-state index contributed by atoms with van der Waals surface area (Å²) < 4.78 is 0. The predicted octanol–water partition coefficient (Wildman–Crippen LogP) is 5.57. The van der Waals surface area contributed by atoms with Gasteiger partial charge in [0.05, 0.1) is 0 Å². The molecule has 15 heavy (non-hydrogen) atoms. The van der Waals surface area contributed by atoms with Crippen LogP contribution >= 0.6 is 49.6 Å². The van der Waals surface area contributed by atoms with Crippen molar-refractivity contribution in [1.29, 1.82) is 0 Å². The molecule has 0 saturated heterocycles. The normalized spacial score (nSPS) is 11.7. The number of halogens is 5. The number of aryl methyl sites for hydroxylation is 1. The summed E-state index contributed by atoms with van der Waals surface area (Å²) in [6.07, 6.45) is 0. The zero-order chi connectivity index (χ0) is 12.2. The molecule has 0 aromatic heterocycles. The van der Waals surface area contributed by atoms with Gasteiger partial charge in [0.15, 0.2) is 0 Å². The average molecular weight is 405 g/mol. The first-order valence-electron chi connectivity index (χ1n) is 4.07. The first-order chi connectivity index (χ1) is 6.63. The van der Waals surface area contributed by atoms with Crippen molar-refractivity contribution in [3.63, 3.8) is 0 Å². The fraction of sp³-hybridized carbons (Fsp3) is 0.333. The van der Waals surface area contributed by atoms with Gasteiger partial charge < -0.3 is 5.73 Å². The van der Waals surface area contributed by atoms with E-state index >= 15 is 0 Å². The Morgan fingerprint density at radius 2 is 1.33 bits per heavy atom. The van der Waals surface area contributed by atoms with Crippen molar-refractivity contribution in [2.24, 2.45) is 0 Å². The van der Waals surface area contributed by atoms with Gasteiger partial charge in [-0.15, -0.1) is 0 Å². The van der Waals surface area contributed by atoms with E-state index in [1.807, 2.05) is 6.07 Å². The number of hydrogen-bond donors (Lipinski definition) is 1. The predicted molar refractivity (Wildman–Crippen MR) is 83.9 cm³/mol. The van der Waals surface area contributed by atoms with Crippen molar-refractivity contribution < 1.29 is 0 Å². The Morgan fingerprint density at radius 1 is 0.933 bits per heavy atom. The van der Waals surface area contributed by atoms with Crippen LogP contribution in [0.25, 0.3) is 0 Å². The van der Waals surface area contributed by atoms with Crippen molar-refractivity contribution in [2.45, 2.75) is 20.8 Å². The van der Waals surface area contributed by atoms with Gasteiger partial charge in [0.25, 0.3) is 0 Å². The van der Waals surface area contributed by atoms with Crippen LogP contribution < -0.4 is 5.73 Å². The molecule has 1 aromatic carbocycles. The Balaban J connectivity index is 0.000000336. The first-order valence-corrected chi connectivity index (χ1v) is 15.9. The van der Waals surface area contributed by atoms with Crippen molar-refractivity contribution in [1.82, 2.24) is 0 Å². The summed E-state index contributed by atoms with van der Waals surface area (Å²) in [6.45, 7) is 6.25. The minimum atomic E-state index is -3.13. The zero-order valence-electron chi connectivity index (χ0n) is 8.65. The summed E-state index contributed by atoms with van der Waals surface area (Å²) in [6, 6.07) is 4.01. The van der Waals surface area contributed by atoms with Crippen LogP contribution in [0.15, 0.2) is 12.1 Å². The second kappa shape index (κ2) is 6.60. The van der Waals surface area contributed by atoms with E-state index in [-0.39, 0.29) is 0 Å².